The molecule has 5 nitrogen and oxygen atoms in total. The Bertz CT molecular complexity index is 342. The van der Waals surface area contributed by atoms with Crippen LogP contribution in [0, 0.1) is 6.92 Å². The van der Waals surface area contributed by atoms with Crippen LogP contribution in [0.3, 0.4) is 0 Å². The van der Waals surface area contributed by atoms with Crippen LogP contribution in [-0.4, -0.2) is 44.3 Å². The van der Waals surface area contributed by atoms with E-state index in [1.165, 1.54) is 0 Å². The second-order valence-corrected chi connectivity index (χ2v) is 5.07. The molecule has 1 rings (SSSR count). The number of hydrogen-bond acceptors (Lipinski definition) is 5. The van der Waals surface area contributed by atoms with Crippen LogP contribution in [-0.2, 0) is 7.05 Å². The molecule has 92 valence electrons. The van der Waals surface area contributed by atoms with Gasteiger partial charge in [0.25, 0.3) is 0 Å². The van der Waals surface area contributed by atoms with E-state index in [1.54, 1.807) is 11.8 Å². The Morgan fingerprint density at radius 2 is 2.19 bits per heavy atom. The lowest BCUT2D eigenvalue weighted by atomic mass is 10.1. The molecule has 0 aliphatic carbocycles. The van der Waals surface area contributed by atoms with E-state index in [4.69, 9.17) is 0 Å². The Kier molecular flexibility index (Phi) is 4.76. The molecule has 1 heterocycles. The van der Waals surface area contributed by atoms with E-state index in [0.29, 0.717) is 0 Å². The van der Waals surface area contributed by atoms with Crippen LogP contribution in [0.5, 0.6) is 0 Å². The van der Waals surface area contributed by atoms with Crippen molar-refractivity contribution in [3.8, 4) is 0 Å². The summed E-state index contributed by atoms with van der Waals surface area (Å²) in [7, 11) is 1.95. The number of rotatable bonds is 6. The van der Waals surface area contributed by atoms with Crippen molar-refractivity contribution in [2.45, 2.75) is 31.5 Å². The van der Waals surface area contributed by atoms with Crippen LogP contribution in [0.15, 0.2) is 5.16 Å². The van der Waals surface area contributed by atoms with E-state index in [9.17, 15) is 5.11 Å². The Hall–Kier alpha value is -0.590. The highest BCUT2D eigenvalue weighted by Crippen LogP contribution is 2.20. The first-order valence-electron chi connectivity index (χ1n) is 5.37. The van der Waals surface area contributed by atoms with Crippen molar-refractivity contribution in [2.24, 2.45) is 7.05 Å². The molecule has 1 unspecified atom stereocenters. The van der Waals surface area contributed by atoms with Gasteiger partial charge >= 0.3 is 0 Å². The third-order valence-corrected chi connectivity index (χ3v) is 3.92. The molecular formula is C10H20N4OS. The van der Waals surface area contributed by atoms with Gasteiger partial charge in [0.1, 0.15) is 5.82 Å². The lowest BCUT2D eigenvalue weighted by Gasteiger charge is -2.27. The van der Waals surface area contributed by atoms with Crippen LogP contribution >= 0.6 is 11.8 Å². The zero-order valence-corrected chi connectivity index (χ0v) is 11.1. The van der Waals surface area contributed by atoms with Crippen molar-refractivity contribution in [1.29, 1.82) is 0 Å². The normalized spacial score (nSPS) is 15.1. The molecule has 1 aromatic heterocycles. The second-order valence-electron chi connectivity index (χ2n) is 4.13. The molecule has 1 atom stereocenters. The summed E-state index contributed by atoms with van der Waals surface area (Å²) in [5.41, 5.74) is -0.265. The Morgan fingerprint density at radius 1 is 1.50 bits per heavy atom. The topological polar surface area (TPSA) is 63.0 Å². The van der Waals surface area contributed by atoms with Gasteiger partial charge in [-0.2, -0.15) is 0 Å². The van der Waals surface area contributed by atoms with E-state index in [1.807, 2.05) is 32.4 Å². The maximum atomic E-state index is 9.35. The van der Waals surface area contributed by atoms with Crippen molar-refractivity contribution < 1.29 is 5.11 Å². The van der Waals surface area contributed by atoms with Crippen LogP contribution in [0.1, 0.15) is 19.7 Å². The minimum absolute atomic E-state index is 0.116. The van der Waals surface area contributed by atoms with Crippen LogP contribution in [0.2, 0.25) is 0 Å². The van der Waals surface area contributed by atoms with E-state index < -0.39 is 0 Å². The van der Waals surface area contributed by atoms with Gasteiger partial charge in [0.15, 0.2) is 5.16 Å². The van der Waals surface area contributed by atoms with Crippen molar-refractivity contribution in [1.82, 2.24) is 20.1 Å². The van der Waals surface area contributed by atoms with Crippen LogP contribution in [0.4, 0.5) is 0 Å². The van der Waals surface area contributed by atoms with Gasteiger partial charge < -0.3 is 15.0 Å². The number of aromatic nitrogens is 3. The summed E-state index contributed by atoms with van der Waals surface area (Å²) in [6.07, 6.45) is 0. The number of nitrogens with one attached hydrogen (secondary N) is 1. The number of aliphatic hydroxyl groups is 1. The monoisotopic (exact) mass is 244 g/mol. The Balaban J connectivity index is 2.59. The largest absolute Gasteiger partial charge is 0.394 e. The fourth-order valence-electron chi connectivity index (χ4n) is 1.32. The first-order chi connectivity index (χ1) is 7.52. The van der Waals surface area contributed by atoms with Crippen LogP contribution in [0.25, 0.3) is 0 Å². The molecule has 0 bridgehead atoms. The van der Waals surface area contributed by atoms with Crippen molar-refractivity contribution in [3.05, 3.63) is 5.82 Å². The smallest absolute Gasteiger partial charge is 0.191 e. The number of thioether (sulfide) groups is 1. The lowest BCUT2D eigenvalue weighted by molar-refractivity contribution is 0.194. The molecule has 16 heavy (non-hydrogen) atoms. The van der Waals surface area contributed by atoms with Crippen molar-refractivity contribution >= 4 is 11.8 Å². The maximum Gasteiger partial charge on any atom is 0.191 e. The first-order valence-corrected chi connectivity index (χ1v) is 6.35. The van der Waals surface area contributed by atoms with Gasteiger partial charge in [-0.1, -0.05) is 18.7 Å². The van der Waals surface area contributed by atoms with Gasteiger partial charge in [0, 0.05) is 18.3 Å². The van der Waals surface area contributed by atoms with E-state index in [-0.39, 0.29) is 12.1 Å². The van der Waals surface area contributed by atoms with Crippen LogP contribution < -0.4 is 5.32 Å². The quantitative estimate of drug-likeness (QED) is 0.717. The lowest BCUT2D eigenvalue weighted by Crippen LogP contribution is -2.47. The molecule has 1 aromatic rings. The zero-order valence-electron chi connectivity index (χ0n) is 10.3. The molecule has 6 heteroatoms. The maximum absolute atomic E-state index is 9.35. The highest BCUT2D eigenvalue weighted by atomic mass is 32.2. The summed E-state index contributed by atoms with van der Waals surface area (Å²) in [4.78, 5) is 0. The average molecular weight is 244 g/mol. The molecule has 0 saturated carbocycles. The molecule has 0 radical (unpaired) electrons. The summed E-state index contributed by atoms with van der Waals surface area (Å²) in [6, 6.07) is 0. The number of likely N-dealkylation sites (N-methyl/N-ethyl adjacent to an activating group) is 1. The minimum atomic E-state index is -0.265. The van der Waals surface area contributed by atoms with Gasteiger partial charge in [-0.05, 0) is 20.4 Å². The highest BCUT2D eigenvalue weighted by molar-refractivity contribution is 7.99. The van der Waals surface area contributed by atoms with Gasteiger partial charge in [0.05, 0.1) is 6.61 Å². The molecular weight excluding hydrogens is 224 g/mol. The SMILES string of the molecule is CCNC(C)(CO)CSc1nnc(C)n1C. The molecule has 0 aliphatic heterocycles. The van der Waals surface area contributed by atoms with Gasteiger partial charge in [0.2, 0.25) is 0 Å². The van der Waals surface area contributed by atoms with Gasteiger partial charge in [-0.3, -0.25) is 0 Å². The summed E-state index contributed by atoms with van der Waals surface area (Å²) < 4.78 is 1.95. The van der Waals surface area contributed by atoms with Gasteiger partial charge in [-0.15, -0.1) is 10.2 Å². The summed E-state index contributed by atoms with van der Waals surface area (Å²) >= 11 is 1.61. The summed E-state index contributed by atoms with van der Waals surface area (Å²) in [5.74, 6) is 1.67. The Labute approximate surface area is 101 Å². The Morgan fingerprint density at radius 3 is 2.62 bits per heavy atom. The average Bonchev–Trinajstić information content (AvgIpc) is 2.58. The number of aryl methyl sites for hydroxylation is 1. The summed E-state index contributed by atoms with van der Waals surface area (Å²) in [6.45, 7) is 6.92. The van der Waals surface area contributed by atoms with E-state index in [0.717, 1.165) is 23.3 Å². The van der Waals surface area contributed by atoms with Crippen molar-refractivity contribution in [3.63, 3.8) is 0 Å². The fourth-order valence-corrected chi connectivity index (χ4v) is 2.38. The van der Waals surface area contributed by atoms with E-state index in [2.05, 4.69) is 15.5 Å². The number of aliphatic hydroxyl groups excluding tert-OH is 1. The zero-order chi connectivity index (χ0) is 12.2. The molecule has 2 N–H and O–H groups in total. The molecule has 0 amide bonds. The molecule has 0 fully saturated rings. The second kappa shape index (κ2) is 5.65. The minimum Gasteiger partial charge on any atom is -0.394 e. The fraction of sp³-hybridized carbons (Fsp3) is 0.800. The van der Waals surface area contributed by atoms with Gasteiger partial charge in [-0.25, -0.2) is 0 Å². The highest BCUT2D eigenvalue weighted by Gasteiger charge is 2.23. The molecule has 0 saturated heterocycles. The molecule has 0 aromatic carbocycles. The standard InChI is InChI=1S/C10H20N4OS/c1-5-11-10(3,6-15)7-16-9-13-12-8(2)14(9)4/h11,15H,5-7H2,1-4H3. The predicted molar refractivity (Wildman–Crippen MR) is 65.6 cm³/mol. The number of nitrogens with zero attached hydrogens (tertiary/aromatic N) is 3. The van der Waals surface area contributed by atoms with E-state index >= 15 is 0 Å². The summed E-state index contributed by atoms with van der Waals surface area (Å²) in [5, 5.41) is 21.6. The predicted octanol–water partition coefficient (Wildman–Crippen LogP) is 0.576. The van der Waals surface area contributed by atoms with Crippen molar-refractivity contribution in [2.75, 3.05) is 18.9 Å². The first kappa shape index (κ1) is 13.5. The molecule has 0 aliphatic rings. The molecule has 0 spiro atoms. The third-order valence-electron chi connectivity index (χ3n) is 2.52. The number of hydrogen-bond donors (Lipinski definition) is 2. The third kappa shape index (κ3) is 3.20.